The normalized spacial score (nSPS) is 30.7. The highest BCUT2D eigenvalue weighted by Gasteiger charge is 2.47. The van der Waals surface area contributed by atoms with Crippen molar-refractivity contribution in [1.82, 2.24) is 0 Å². The Morgan fingerprint density at radius 3 is 2.87 bits per heavy atom. The summed E-state index contributed by atoms with van der Waals surface area (Å²) in [4.78, 5) is 11.3. The number of thioether (sulfide) groups is 1. The number of carbonyl (C=O) groups is 1. The Morgan fingerprint density at radius 1 is 1.67 bits per heavy atom. The van der Waals surface area contributed by atoms with Crippen molar-refractivity contribution < 1.29 is 14.6 Å². The van der Waals surface area contributed by atoms with Crippen molar-refractivity contribution in [2.24, 2.45) is 5.41 Å². The number of aliphatic carboxylic acids is 1. The van der Waals surface area contributed by atoms with Crippen LogP contribution in [0.15, 0.2) is 0 Å². The van der Waals surface area contributed by atoms with Crippen molar-refractivity contribution in [1.29, 1.82) is 0 Å². The summed E-state index contributed by atoms with van der Waals surface area (Å²) in [5.41, 5.74) is -0.617. The number of hydrogen-bond donors (Lipinski definition) is 1. The Labute approximate surface area is 95.6 Å². The van der Waals surface area contributed by atoms with Crippen molar-refractivity contribution in [2.75, 3.05) is 18.1 Å². The quantitative estimate of drug-likeness (QED) is 0.714. The van der Waals surface area contributed by atoms with Crippen LogP contribution in [0.2, 0.25) is 0 Å². The standard InChI is InChI=1S/C11H20O3S/c1-3-15-8-4-5-11(10(12)13)6-7-14-9(11)2/h9H,3-8H2,1-2H3,(H,12,13). The lowest BCUT2D eigenvalue weighted by Crippen LogP contribution is -2.37. The van der Waals surface area contributed by atoms with E-state index >= 15 is 0 Å². The molecule has 1 aliphatic heterocycles. The molecule has 0 saturated carbocycles. The Bertz CT molecular complexity index is 220. The molecule has 0 aromatic carbocycles. The molecular weight excluding hydrogens is 212 g/mol. The van der Waals surface area contributed by atoms with Crippen molar-refractivity contribution in [2.45, 2.75) is 39.2 Å². The molecule has 0 aromatic heterocycles. The van der Waals surface area contributed by atoms with Crippen LogP contribution in [0.25, 0.3) is 0 Å². The minimum atomic E-state index is -0.686. The van der Waals surface area contributed by atoms with E-state index in [-0.39, 0.29) is 6.10 Å². The second-order valence-corrected chi connectivity index (χ2v) is 5.42. The lowest BCUT2D eigenvalue weighted by atomic mass is 9.78. The molecule has 2 unspecified atom stereocenters. The average molecular weight is 232 g/mol. The molecule has 0 amide bonds. The lowest BCUT2D eigenvalue weighted by molar-refractivity contribution is -0.152. The summed E-state index contributed by atoms with van der Waals surface area (Å²) in [5.74, 6) is 1.47. The highest BCUT2D eigenvalue weighted by Crippen LogP contribution is 2.39. The first-order valence-electron chi connectivity index (χ1n) is 5.56. The average Bonchev–Trinajstić information content (AvgIpc) is 2.56. The number of rotatable bonds is 6. The van der Waals surface area contributed by atoms with Gasteiger partial charge in [0.05, 0.1) is 11.5 Å². The van der Waals surface area contributed by atoms with E-state index in [0.29, 0.717) is 13.0 Å². The Morgan fingerprint density at radius 2 is 2.40 bits per heavy atom. The van der Waals surface area contributed by atoms with Crippen molar-refractivity contribution in [3.8, 4) is 0 Å². The highest BCUT2D eigenvalue weighted by atomic mass is 32.2. The van der Waals surface area contributed by atoms with Crippen molar-refractivity contribution >= 4 is 17.7 Å². The Hall–Kier alpha value is -0.220. The van der Waals surface area contributed by atoms with Gasteiger partial charge in [0.2, 0.25) is 0 Å². The van der Waals surface area contributed by atoms with E-state index in [0.717, 1.165) is 24.3 Å². The van der Waals surface area contributed by atoms with Gasteiger partial charge in [0, 0.05) is 6.61 Å². The molecule has 1 N–H and O–H groups in total. The van der Waals surface area contributed by atoms with E-state index in [1.807, 2.05) is 18.7 Å². The molecular formula is C11H20O3S. The first kappa shape index (κ1) is 12.8. The zero-order valence-electron chi connectivity index (χ0n) is 9.49. The Balaban J connectivity index is 2.47. The van der Waals surface area contributed by atoms with Crippen LogP contribution >= 0.6 is 11.8 Å². The van der Waals surface area contributed by atoms with Crippen LogP contribution in [-0.4, -0.2) is 35.3 Å². The van der Waals surface area contributed by atoms with Gasteiger partial charge in [-0.1, -0.05) is 6.92 Å². The fraction of sp³-hybridized carbons (Fsp3) is 0.909. The third-order valence-electron chi connectivity index (χ3n) is 3.24. The second kappa shape index (κ2) is 5.75. The van der Waals surface area contributed by atoms with E-state index in [1.54, 1.807) is 0 Å². The molecule has 0 aliphatic carbocycles. The molecule has 4 heteroatoms. The Kier molecular flexibility index (Phi) is 4.93. The topological polar surface area (TPSA) is 46.5 Å². The lowest BCUT2D eigenvalue weighted by Gasteiger charge is -2.27. The van der Waals surface area contributed by atoms with Crippen LogP contribution in [-0.2, 0) is 9.53 Å². The van der Waals surface area contributed by atoms with E-state index < -0.39 is 11.4 Å². The van der Waals surface area contributed by atoms with Gasteiger partial charge in [-0.05, 0) is 37.7 Å². The van der Waals surface area contributed by atoms with Crippen molar-refractivity contribution in [3.05, 3.63) is 0 Å². The third-order valence-corrected chi connectivity index (χ3v) is 4.22. The monoisotopic (exact) mass is 232 g/mol. The molecule has 88 valence electrons. The molecule has 2 atom stereocenters. The number of carboxylic acid groups (broad SMARTS) is 1. The van der Waals surface area contributed by atoms with E-state index in [1.165, 1.54) is 0 Å². The van der Waals surface area contributed by atoms with Gasteiger partial charge >= 0.3 is 5.97 Å². The highest BCUT2D eigenvalue weighted by molar-refractivity contribution is 7.99. The molecule has 15 heavy (non-hydrogen) atoms. The predicted octanol–water partition coefficient (Wildman–Crippen LogP) is 2.40. The summed E-state index contributed by atoms with van der Waals surface area (Å²) < 4.78 is 5.40. The van der Waals surface area contributed by atoms with E-state index in [4.69, 9.17) is 4.74 Å². The zero-order chi connectivity index (χ0) is 11.3. The van der Waals surface area contributed by atoms with Crippen molar-refractivity contribution in [3.63, 3.8) is 0 Å². The van der Waals surface area contributed by atoms with Gasteiger partial charge in [-0.3, -0.25) is 4.79 Å². The van der Waals surface area contributed by atoms with Gasteiger partial charge in [0.1, 0.15) is 0 Å². The predicted molar refractivity (Wildman–Crippen MR) is 62.3 cm³/mol. The minimum Gasteiger partial charge on any atom is -0.481 e. The van der Waals surface area contributed by atoms with Gasteiger partial charge in [-0.2, -0.15) is 11.8 Å². The summed E-state index contributed by atoms with van der Waals surface area (Å²) in [6.07, 6.45) is 2.25. The van der Waals surface area contributed by atoms with Crippen LogP contribution in [0, 0.1) is 5.41 Å². The smallest absolute Gasteiger partial charge is 0.312 e. The maximum Gasteiger partial charge on any atom is 0.312 e. The second-order valence-electron chi connectivity index (χ2n) is 4.02. The van der Waals surface area contributed by atoms with E-state index in [2.05, 4.69) is 6.92 Å². The van der Waals surface area contributed by atoms with Gasteiger partial charge in [0.15, 0.2) is 0 Å². The maximum absolute atomic E-state index is 11.3. The third kappa shape index (κ3) is 2.88. The molecule has 0 radical (unpaired) electrons. The van der Waals surface area contributed by atoms with Gasteiger partial charge in [-0.15, -0.1) is 0 Å². The molecule has 1 aliphatic rings. The summed E-state index contributed by atoms with van der Waals surface area (Å²) in [5, 5.41) is 9.30. The first-order chi connectivity index (χ1) is 7.13. The zero-order valence-corrected chi connectivity index (χ0v) is 10.3. The van der Waals surface area contributed by atoms with Crippen LogP contribution in [0.1, 0.15) is 33.1 Å². The molecule has 1 heterocycles. The summed E-state index contributed by atoms with van der Waals surface area (Å²) in [6, 6.07) is 0. The first-order valence-corrected chi connectivity index (χ1v) is 6.71. The molecule has 1 rings (SSSR count). The van der Waals surface area contributed by atoms with E-state index in [9.17, 15) is 9.90 Å². The number of carboxylic acids is 1. The summed E-state index contributed by atoms with van der Waals surface area (Å²) >= 11 is 1.87. The summed E-state index contributed by atoms with van der Waals surface area (Å²) in [6.45, 7) is 4.60. The fourth-order valence-corrected chi connectivity index (χ4v) is 2.77. The van der Waals surface area contributed by atoms with Gasteiger partial charge < -0.3 is 9.84 Å². The minimum absolute atomic E-state index is 0.137. The largest absolute Gasteiger partial charge is 0.481 e. The fourth-order valence-electron chi connectivity index (χ4n) is 2.13. The molecule has 0 aromatic rings. The van der Waals surface area contributed by atoms with Crippen LogP contribution in [0.5, 0.6) is 0 Å². The molecule has 1 fully saturated rings. The number of ether oxygens (including phenoxy) is 1. The summed E-state index contributed by atoms with van der Waals surface area (Å²) in [7, 11) is 0. The van der Waals surface area contributed by atoms with Gasteiger partial charge in [0.25, 0.3) is 0 Å². The molecule has 3 nitrogen and oxygen atoms in total. The number of hydrogen-bond acceptors (Lipinski definition) is 3. The molecule has 1 saturated heterocycles. The van der Waals surface area contributed by atoms with Crippen LogP contribution in [0.3, 0.4) is 0 Å². The SMILES string of the molecule is CCSCCCC1(C(=O)O)CCOC1C. The van der Waals surface area contributed by atoms with Crippen LogP contribution in [0.4, 0.5) is 0 Å². The van der Waals surface area contributed by atoms with Crippen LogP contribution < -0.4 is 0 Å². The maximum atomic E-state index is 11.3. The molecule has 0 bridgehead atoms. The molecule has 0 spiro atoms. The van der Waals surface area contributed by atoms with Gasteiger partial charge in [-0.25, -0.2) is 0 Å².